The Kier molecular flexibility index (Phi) is 3.39. The maximum atomic E-state index is 13.0. The highest BCUT2D eigenvalue weighted by Crippen LogP contribution is 2.26. The summed E-state index contributed by atoms with van der Waals surface area (Å²) in [6.07, 6.45) is 5.64. The molecule has 0 radical (unpaired) electrons. The molecule has 0 unspecified atom stereocenters. The number of fused-ring (bicyclic) bond motifs is 1. The number of pyridine rings is 1. The normalized spacial score (nSPS) is 11.2. The summed E-state index contributed by atoms with van der Waals surface area (Å²) in [5, 5.41) is 3.11. The standard InChI is InChI=1S/C16H10FNOS/c17-13-7-12(8-18-9-13)15(19)6-5-11-10-20-16-4-2-1-3-14(11)16/h1-10H/b6-5+. The van der Waals surface area contributed by atoms with Gasteiger partial charge in [-0.15, -0.1) is 11.3 Å². The van der Waals surface area contributed by atoms with Gasteiger partial charge in [0.2, 0.25) is 0 Å². The van der Waals surface area contributed by atoms with Gasteiger partial charge in [0, 0.05) is 16.5 Å². The minimum Gasteiger partial charge on any atom is -0.289 e. The van der Waals surface area contributed by atoms with Gasteiger partial charge in [0.1, 0.15) is 5.82 Å². The molecule has 0 spiro atoms. The fourth-order valence-electron chi connectivity index (χ4n) is 1.94. The number of halogens is 1. The Hall–Kier alpha value is -2.33. The van der Waals surface area contributed by atoms with Crippen LogP contribution >= 0.6 is 11.3 Å². The Morgan fingerprint density at radius 3 is 2.95 bits per heavy atom. The third-order valence-corrected chi connectivity index (χ3v) is 3.90. The molecule has 3 rings (SSSR count). The molecular weight excluding hydrogens is 273 g/mol. The van der Waals surface area contributed by atoms with Gasteiger partial charge in [0.15, 0.2) is 5.78 Å². The van der Waals surface area contributed by atoms with Crippen LogP contribution in [-0.2, 0) is 0 Å². The topological polar surface area (TPSA) is 30.0 Å². The molecule has 1 aromatic carbocycles. The van der Waals surface area contributed by atoms with E-state index < -0.39 is 5.82 Å². The summed E-state index contributed by atoms with van der Waals surface area (Å²) in [6.45, 7) is 0. The summed E-state index contributed by atoms with van der Waals surface area (Å²) in [4.78, 5) is 15.6. The predicted molar refractivity (Wildman–Crippen MR) is 79.4 cm³/mol. The molecule has 0 aliphatic heterocycles. The van der Waals surface area contributed by atoms with E-state index in [0.717, 1.165) is 17.1 Å². The van der Waals surface area contributed by atoms with Crippen molar-refractivity contribution in [3.8, 4) is 0 Å². The van der Waals surface area contributed by atoms with E-state index in [4.69, 9.17) is 0 Å². The molecule has 2 aromatic heterocycles. The minimum absolute atomic E-state index is 0.251. The maximum Gasteiger partial charge on any atom is 0.187 e. The van der Waals surface area contributed by atoms with E-state index in [-0.39, 0.29) is 11.3 Å². The molecule has 0 bridgehead atoms. The smallest absolute Gasteiger partial charge is 0.187 e. The fourth-order valence-corrected chi connectivity index (χ4v) is 2.87. The average Bonchev–Trinajstić information content (AvgIpc) is 2.88. The Balaban J connectivity index is 1.89. The molecule has 0 aliphatic rings. The van der Waals surface area contributed by atoms with Crippen LogP contribution in [0.2, 0.25) is 0 Å². The Labute approximate surface area is 119 Å². The summed E-state index contributed by atoms with van der Waals surface area (Å²) in [5.74, 6) is -0.766. The second kappa shape index (κ2) is 5.35. The third-order valence-electron chi connectivity index (χ3n) is 2.91. The second-order valence-corrected chi connectivity index (χ2v) is 5.19. The number of allylic oxidation sites excluding steroid dienone is 1. The monoisotopic (exact) mass is 283 g/mol. The lowest BCUT2D eigenvalue weighted by molar-refractivity contribution is 0.104. The third kappa shape index (κ3) is 2.51. The van der Waals surface area contributed by atoms with E-state index in [2.05, 4.69) is 4.98 Å². The first-order valence-electron chi connectivity index (χ1n) is 6.03. The van der Waals surface area contributed by atoms with Crippen LogP contribution in [0.3, 0.4) is 0 Å². The van der Waals surface area contributed by atoms with Crippen LogP contribution in [0.15, 0.2) is 54.2 Å². The fraction of sp³-hybridized carbons (Fsp3) is 0. The van der Waals surface area contributed by atoms with Crippen LogP contribution in [0, 0.1) is 5.82 Å². The van der Waals surface area contributed by atoms with Gasteiger partial charge in [-0.3, -0.25) is 9.78 Å². The van der Waals surface area contributed by atoms with Crippen molar-refractivity contribution in [2.75, 3.05) is 0 Å². The number of benzene rings is 1. The van der Waals surface area contributed by atoms with Crippen molar-refractivity contribution in [2.24, 2.45) is 0 Å². The molecule has 4 heteroatoms. The highest BCUT2D eigenvalue weighted by molar-refractivity contribution is 7.17. The van der Waals surface area contributed by atoms with Gasteiger partial charge in [-0.2, -0.15) is 0 Å². The SMILES string of the molecule is O=C(/C=C/c1csc2ccccc12)c1cncc(F)c1. The van der Waals surface area contributed by atoms with Crippen molar-refractivity contribution >= 4 is 33.3 Å². The lowest BCUT2D eigenvalue weighted by Gasteiger charge is -1.95. The van der Waals surface area contributed by atoms with Crippen molar-refractivity contribution in [1.29, 1.82) is 0 Å². The zero-order valence-electron chi connectivity index (χ0n) is 10.4. The zero-order chi connectivity index (χ0) is 13.9. The van der Waals surface area contributed by atoms with Crippen molar-refractivity contribution in [3.63, 3.8) is 0 Å². The summed E-state index contributed by atoms with van der Waals surface area (Å²) in [7, 11) is 0. The van der Waals surface area contributed by atoms with E-state index in [1.807, 2.05) is 29.6 Å². The number of ketones is 1. The number of hydrogen-bond acceptors (Lipinski definition) is 3. The number of hydrogen-bond donors (Lipinski definition) is 0. The molecule has 2 nitrogen and oxygen atoms in total. The molecule has 0 N–H and O–H groups in total. The lowest BCUT2D eigenvalue weighted by atomic mass is 10.1. The second-order valence-electron chi connectivity index (χ2n) is 4.28. The van der Waals surface area contributed by atoms with Crippen LogP contribution < -0.4 is 0 Å². The van der Waals surface area contributed by atoms with E-state index in [1.54, 1.807) is 17.4 Å². The first kappa shape index (κ1) is 12.7. The van der Waals surface area contributed by atoms with Gasteiger partial charge >= 0.3 is 0 Å². The maximum absolute atomic E-state index is 13.0. The van der Waals surface area contributed by atoms with Crippen molar-refractivity contribution in [3.05, 3.63) is 71.1 Å². The van der Waals surface area contributed by atoms with Crippen LogP contribution in [0.5, 0.6) is 0 Å². The Bertz CT molecular complexity index is 807. The van der Waals surface area contributed by atoms with Crippen molar-refractivity contribution in [1.82, 2.24) is 4.98 Å². The van der Waals surface area contributed by atoms with E-state index in [9.17, 15) is 9.18 Å². The van der Waals surface area contributed by atoms with Gasteiger partial charge in [0.05, 0.1) is 6.20 Å². The largest absolute Gasteiger partial charge is 0.289 e. The molecular formula is C16H10FNOS. The molecule has 0 atom stereocenters. The molecule has 0 saturated carbocycles. The van der Waals surface area contributed by atoms with Crippen molar-refractivity contribution in [2.45, 2.75) is 0 Å². The van der Waals surface area contributed by atoms with Crippen LogP contribution in [-0.4, -0.2) is 10.8 Å². The van der Waals surface area contributed by atoms with Crippen LogP contribution in [0.4, 0.5) is 4.39 Å². The average molecular weight is 283 g/mol. The quantitative estimate of drug-likeness (QED) is 0.529. The van der Waals surface area contributed by atoms with Crippen molar-refractivity contribution < 1.29 is 9.18 Å². The molecule has 2 heterocycles. The number of thiophene rings is 1. The van der Waals surface area contributed by atoms with E-state index in [1.165, 1.54) is 23.0 Å². The molecule has 20 heavy (non-hydrogen) atoms. The van der Waals surface area contributed by atoms with Gasteiger partial charge in [0.25, 0.3) is 0 Å². The number of rotatable bonds is 3. The Morgan fingerprint density at radius 1 is 1.25 bits per heavy atom. The summed E-state index contributed by atoms with van der Waals surface area (Å²) in [6, 6.07) is 9.18. The van der Waals surface area contributed by atoms with Crippen LogP contribution in [0.25, 0.3) is 16.2 Å². The molecule has 0 amide bonds. The van der Waals surface area contributed by atoms with E-state index in [0.29, 0.717) is 0 Å². The number of aromatic nitrogens is 1. The first-order chi connectivity index (χ1) is 9.74. The molecule has 3 aromatic rings. The lowest BCUT2D eigenvalue weighted by Crippen LogP contribution is -1.95. The number of carbonyl (C=O) groups is 1. The van der Waals surface area contributed by atoms with Crippen LogP contribution in [0.1, 0.15) is 15.9 Å². The summed E-state index contributed by atoms with van der Waals surface area (Å²) >= 11 is 1.63. The predicted octanol–water partition coefficient (Wildman–Crippen LogP) is 4.33. The number of carbonyl (C=O) groups excluding carboxylic acids is 1. The highest BCUT2D eigenvalue weighted by atomic mass is 32.1. The minimum atomic E-state index is -0.509. The number of nitrogens with zero attached hydrogens (tertiary/aromatic N) is 1. The molecule has 0 saturated heterocycles. The van der Waals surface area contributed by atoms with Gasteiger partial charge < -0.3 is 0 Å². The van der Waals surface area contributed by atoms with E-state index >= 15 is 0 Å². The zero-order valence-corrected chi connectivity index (χ0v) is 11.2. The van der Waals surface area contributed by atoms with Gasteiger partial charge in [-0.05, 0) is 40.6 Å². The molecule has 0 fully saturated rings. The molecule has 98 valence electrons. The summed E-state index contributed by atoms with van der Waals surface area (Å²) < 4.78 is 14.2. The van der Waals surface area contributed by atoms with Gasteiger partial charge in [-0.25, -0.2) is 4.39 Å². The Morgan fingerprint density at radius 2 is 2.10 bits per heavy atom. The first-order valence-corrected chi connectivity index (χ1v) is 6.91. The van der Waals surface area contributed by atoms with Gasteiger partial charge in [-0.1, -0.05) is 18.2 Å². The summed E-state index contributed by atoms with van der Waals surface area (Å²) in [5.41, 5.74) is 1.24. The highest BCUT2D eigenvalue weighted by Gasteiger charge is 2.05. The molecule has 0 aliphatic carbocycles.